The first kappa shape index (κ1) is 9.21. The summed E-state index contributed by atoms with van der Waals surface area (Å²) in [6, 6.07) is 1.88. The molecule has 13 heavy (non-hydrogen) atoms. The van der Waals surface area contributed by atoms with Gasteiger partial charge >= 0.3 is 0 Å². The lowest BCUT2D eigenvalue weighted by atomic mass is 10.3. The molecule has 1 aliphatic heterocycles. The number of hydroxylamine groups is 2. The summed E-state index contributed by atoms with van der Waals surface area (Å²) in [7, 11) is 0. The smallest absolute Gasteiger partial charge is 0.169 e. The van der Waals surface area contributed by atoms with Crippen LogP contribution in [0.25, 0.3) is 0 Å². The average molecular weight is 248 g/mol. The van der Waals surface area contributed by atoms with Crippen molar-refractivity contribution in [2.24, 2.45) is 0 Å². The maximum absolute atomic E-state index is 9.18. The topological polar surface area (TPSA) is 45.8 Å². The number of hydrogen-bond donors (Lipinski definition) is 1. The molecule has 1 atom stereocenters. The number of nitrogens with zero attached hydrogens (tertiary/aromatic N) is 1. The Bertz CT molecular complexity index is 289. The minimum atomic E-state index is -0.365. The fourth-order valence-corrected chi connectivity index (χ4v) is 1.66. The van der Waals surface area contributed by atoms with Gasteiger partial charge in [-0.2, -0.15) is 5.06 Å². The molecule has 0 unspecified atom stereocenters. The molecule has 0 bridgehead atoms. The van der Waals surface area contributed by atoms with Crippen LogP contribution in [0.5, 0.6) is 0 Å². The van der Waals surface area contributed by atoms with Crippen molar-refractivity contribution >= 4 is 15.9 Å². The predicted molar refractivity (Wildman–Crippen MR) is 48.8 cm³/mol. The lowest BCUT2D eigenvalue weighted by molar-refractivity contribution is -0.118. The van der Waals surface area contributed by atoms with E-state index in [1.54, 1.807) is 11.3 Å². The van der Waals surface area contributed by atoms with Crippen molar-refractivity contribution in [1.29, 1.82) is 0 Å². The fraction of sp³-hybridized carbons (Fsp3) is 0.500. The summed E-state index contributed by atoms with van der Waals surface area (Å²) in [5, 5.41) is 10.9. The van der Waals surface area contributed by atoms with Crippen molar-refractivity contribution in [3.63, 3.8) is 0 Å². The molecule has 1 saturated heterocycles. The second kappa shape index (κ2) is 3.79. The van der Waals surface area contributed by atoms with Crippen LogP contribution in [0.15, 0.2) is 21.4 Å². The molecule has 2 rings (SSSR count). The Labute approximate surface area is 84.2 Å². The van der Waals surface area contributed by atoms with E-state index in [2.05, 4.69) is 15.9 Å². The van der Waals surface area contributed by atoms with Crippen LogP contribution >= 0.6 is 15.9 Å². The molecule has 4 nitrogen and oxygen atoms in total. The molecular formula is C8H10BrNO3. The van der Waals surface area contributed by atoms with Gasteiger partial charge in [0.25, 0.3) is 0 Å². The Morgan fingerprint density at radius 2 is 2.54 bits per heavy atom. The minimum absolute atomic E-state index is 0.365. The summed E-state index contributed by atoms with van der Waals surface area (Å²) < 4.78 is 5.78. The molecular weight excluding hydrogens is 238 g/mol. The van der Waals surface area contributed by atoms with E-state index in [1.807, 2.05) is 6.07 Å². The van der Waals surface area contributed by atoms with E-state index in [1.165, 1.54) is 0 Å². The monoisotopic (exact) mass is 247 g/mol. The Balaban J connectivity index is 1.91. The normalized spacial score (nSPS) is 24.0. The Hall–Kier alpha value is -0.360. The van der Waals surface area contributed by atoms with Crippen molar-refractivity contribution in [1.82, 2.24) is 5.06 Å². The van der Waals surface area contributed by atoms with Crippen molar-refractivity contribution < 1.29 is 14.4 Å². The molecule has 0 aromatic carbocycles. The van der Waals surface area contributed by atoms with E-state index >= 15 is 0 Å². The second-order valence-electron chi connectivity index (χ2n) is 3.03. The SMILES string of the molecule is O[C@@H]1CON(Cc2coc(Br)c2)C1. The summed E-state index contributed by atoms with van der Waals surface area (Å²) in [6.07, 6.45) is 1.30. The van der Waals surface area contributed by atoms with Crippen LogP contribution in [0.3, 0.4) is 0 Å². The van der Waals surface area contributed by atoms with Gasteiger partial charge in [0.15, 0.2) is 4.67 Å². The predicted octanol–water partition coefficient (Wildman–Crippen LogP) is 1.15. The highest BCUT2D eigenvalue weighted by Gasteiger charge is 2.21. The van der Waals surface area contributed by atoms with Gasteiger partial charge in [0.05, 0.1) is 32.1 Å². The first-order chi connectivity index (χ1) is 6.24. The molecule has 0 saturated carbocycles. The van der Waals surface area contributed by atoms with Crippen molar-refractivity contribution in [3.8, 4) is 0 Å². The van der Waals surface area contributed by atoms with E-state index in [4.69, 9.17) is 9.25 Å². The molecule has 1 aromatic rings. The number of hydrogen-bond acceptors (Lipinski definition) is 4. The summed E-state index contributed by atoms with van der Waals surface area (Å²) in [6.45, 7) is 1.59. The van der Waals surface area contributed by atoms with Gasteiger partial charge in [-0.25, -0.2) is 0 Å². The zero-order chi connectivity index (χ0) is 9.26. The van der Waals surface area contributed by atoms with Gasteiger partial charge in [0.1, 0.15) is 0 Å². The third-order valence-electron chi connectivity index (χ3n) is 1.84. The van der Waals surface area contributed by atoms with Gasteiger partial charge in [-0.15, -0.1) is 0 Å². The van der Waals surface area contributed by atoms with E-state index in [9.17, 15) is 5.11 Å². The van der Waals surface area contributed by atoms with Gasteiger partial charge in [0, 0.05) is 5.56 Å². The largest absolute Gasteiger partial charge is 0.457 e. The standard InChI is InChI=1S/C8H10BrNO3/c9-8-1-6(4-12-8)2-10-3-7(11)5-13-10/h1,4,7,11H,2-3,5H2/t7-/m0/s1. The van der Waals surface area contributed by atoms with Crippen LogP contribution in [0.1, 0.15) is 5.56 Å². The maximum atomic E-state index is 9.18. The number of aliphatic hydroxyl groups is 1. The number of aliphatic hydroxyl groups excluding tert-OH is 1. The van der Waals surface area contributed by atoms with E-state index in [0.717, 1.165) is 5.56 Å². The van der Waals surface area contributed by atoms with E-state index in [-0.39, 0.29) is 6.10 Å². The van der Waals surface area contributed by atoms with Crippen LogP contribution in [0.4, 0.5) is 0 Å². The third kappa shape index (κ3) is 2.31. The zero-order valence-electron chi connectivity index (χ0n) is 6.94. The highest BCUT2D eigenvalue weighted by Crippen LogP contribution is 2.17. The molecule has 1 aliphatic rings. The number of halogens is 1. The Morgan fingerprint density at radius 1 is 1.69 bits per heavy atom. The molecule has 72 valence electrons. The summed E-state index contributed by atoms with van der Waals surface area (Å²) in [5.74, 6) is 0. The van der Waals surface area contributed by atoms with Gasteiger partial charge in [-0.05, 0) is 22.0 Å². The van der Waals surface area contributed by atoms with Crippen LogP contribution in [-0.4, -0.2) is 29.4 Å². The third-order valence-corrected chi connectivity index (χ3v) is 2.26. The highest BCUT2D eigenvalue weighted by atomic mass is 79.9. The number of β-amino-alcohol motifs (C(OH)–C–C–N with tert-alkyl or cyclic N) is 1. The van der Waals surface area contributed by atoms with Crippen molar-refractivity contribution in [2.45, 2.75) is 12.6 Å². The lowest BCUT2D eigenvalue weighted by Gasteiger charge is -2.10. The molecule has 0 aliphatic carbocycles. The van der Waals surface area contributed by atoms with E-state index in [0.29, 0.717) is 24.4 Å². The van der Waals surface area contributed by atoms with Gasteiger partial charge in [-0.1, -0.05) is 0 Å². The highest BCUT2D eigenvalue weighted by molar-refractivity contribution is 9.10. The van der Waals surface area contributed by atoms with E-state index < -0.39 is 0 Å². The minimum Gasteiger partial charge on any atom is -0.457 e. The first-order valence-electron chi connectivity index (χ1n) is 4.03. The molecule has 1 fully saturated rings. The summed E-state index contributed by atoms with van der Waals surface area (Å²) in [4.78, 5) is 5.20. The molecule has 5 heteroatoms. The quantitative estimate of drug-likeness (QED) is 0.852. The van der Waals surface area contributed by atoms with Crippen molar-refractivity contribution in [3.05, 3.63) is 22.6 Å². The number of rotatable bonds is 2. The second-order valence-corrected chi connectivity index (χ2v) is 3.81. The Kier molecular flexibility index (Phi) is 2.69. The van der Waals surface area contributed by atoms with Crippen LogP contribution in [0, 0.1) is 0 Å². The van der Waals surface area contributed by atoms with Crippen LogP contribution in [-0.2, 0) is 11.4 Å². The summed E-state index contributed by atoms with van der Waals surface area (Å²) >= 11 is 3.22. The zero-order valence-corrected chi connectivity index (χ0v) is 8.53. The molecule has 0 spiro atoms. The van der Waals surface area contributed by atoms with Gasteiger partial charge < -0.3 is 9.52 Å². The summed E-state index contributed by atoms with van der Waals surface area (Å²) in [5.41, 5.74) is 1.03. The molecule has 2 heterocycles. The molecule has 0 radical (unpaired) electrons. The molecule has 1 aromatic heterocycles. The number of furan rings is 1. The van der Waals surface area contributed by atoms with Crippen LogP contribution in [0.2, 0.25) is 0 Å². The molecule has 0 amide bonds. The van der Waals surface area contributed by atoms with Gasteiger partial charge in [-0.3, -0.25) is 4.84 Å². The fourth-order valence-electron chi connectivity index (χ4n) is 1.27. The maximum Gasteiger partial charge on any atom is 0.169 e. The van der Waals surface area contributed by atoms with Crippen LogP contribution < -0.4 is 0 Å². The molecule has 1 N–H and O–H groups in total. The first-order valence-corrected chi connectivity index (χ1v) is 4.82. The Morgan fingerprint density at radius 3 is 3.08 bits per heavy atom. The van der Waals surface area contributed by atoms with Gasteiger partial charge in [0.2, 0.25) is 0 Å². The average Bonchev–Trinajstić information content (AvgIpc) is 2.62. The lowest BCUT2D eigenvalue weighted by Crippen LogP contribution is -2.20. The van der Waals surface area contributed by atoms with Crippen molar-refractivity contribution in [2.75, 3.05) is 13.2 Å².